The predicted molar refractivity (Wildman–Crippen MR) is 114 cm³/mol. The first-order valence-electron chi connectivity index (χ1n) is 11.4. The van der Waals surface area contributed by atoms with Crippen LogP contribution in [0.4, 0.5) is 0 Å². The summed E-state index contributed by atoms with van der Waals surface area (Å²) in [7, 11) is 0. The van der Waals surface area contributed by atoms with Gasteiger partial charge in [-0.15, -0.1) is 11.3 Å². The van der Waals surface area contributed by atoms with Gasteiger partial charge in [-0.1, -0.05) is 13.0 Å². The second kappa shape index (κ2) is 7.41. The third-order valence-electron chi connectivity index (χ3n) is 8.50. The quantitative estimate of drug-likeness (QED) is 0.770. The molecule has 1 aromatic heterocycles. The highest BCUT2D eigenvalue weighted by atomic mass is 32.1. The van der Waals surface area contributed by atoms with Gasteiger partial charge in [-0.25, -0.2) is 0 Å². The summed E-state index contributed by atoms with van der Waals surface area (Å²) in [6.07, 6.45) is 7.39. The van der Waals surface area contributed by atoms with Crippen LogP contribution in [0.15, 0.2) is 17.5 Å². The Labute approximate surface area is 173 Å². The molecule has 1 aliphatic carbocycles. The summed E-state index contributed by atoms with van der Waals surface area (Å²) in [5.41, 5.74) is 0.335. The maximum absolute atomic E-state index is 13.7. The zero-order valence-corrected chi connectivity index (χ0v) is 18.2. The van der Waals surface area contributed by atoms with Crippen LogP contribution in [0.5, 0.6) is 0 Å². The van der Waals surface area contributed by atoms with E-state index in [4.69, 9.17) is 0 Å². The van der Waals surface area contributed by atoms with Gasteiger partial charge < -0.3 is 9.80 Å². The Kier molecular flexibility index (Phi) is 5.05. The minimum absolute atomic E-state index is 0.0731. The van der Waals surface area contributed by atoms with Gasteiger partial charge >= 0.3 is 0 Å². The highest BCUT2D eigenvalue weighted by molar-refractivity contribution is 7.09. The molecule has 28 heavy (non-hydrogen) atoms. The van der Waals surface area contributed by atoms with Gasteiger partial charge in [0, 0.05) is 37.6 Å². The average molecular weight is 402 g/mol. The van der Waals surface area contributed by atoms with E-state index < -0.39 is 0 Å². The van der Waals surface area contributed by atoms with Crippen molar-refractivity contribution in [3.05, 3.63) is 22.4 Å². The summed E-state index contributed by atoms with van der Waals surface area (Å²) < 4.78 is 0. The number of piperidine rings is 1. The molecule has 1 saturated carbocycles. The van der Waals surface area contributed by atoms with E-state index in [1.807, 2.05) is 11.3 Å². The minimum atomic E-state index is -0.0731. The van der Waals surface area contributed by atoms with Crippen molar-refractivity contribution in [2.45, 2.75) is 52.0 Å². The van der Waals surface area contributed by atoms with E-state index in [2.05, 4.69) is 39.1 Å². The Morgan fingerprint density at radius 2 is 1.89 bits per heavy atom. The number of rotatable bonds is 4. The Morgan fingerprint density at radius 3 is 2.57 bits per heavy atom. The molecule has 4 aliphatic rings. The Morgan fingerprint density at radius 1 is 1.11 bits per heavy atom. The standard InChI is InChI=1S/C23H35N3OS/c1-2-24-17-20-22(9-13-25(14-10-22)16-19-6-5-15-28-19)7-8-23(20,18-24)21(27)26-11-3-4-12-26/h5-6,15,20H,2-4,7-14,16-18H2,1H3/t20-,23+/m0/s1. The maximum Gasteiger partial charge on any atom is 0.230 e. The van der Waals surface area contributed by atoms with Gasteiger partial charge in [-0.05, 0) is 80.9 Å². The summed E-state index contributed by atoms with van der Waals surface area (Å²) in [6.45, 7) is 11.0. The first-order chi connectivity index (χ1) is 13.7. The number of amides is 1. The third kappa shape index (κ3) is 3.05. The van der Waals surface area contributed by atoms with Crippen LogP contribution in [0.25, 0.3) is 0 Å². The Balaban J connectivity index is 1.33. The molecule has 0 unspecified atom stereocenters. The molecule has 0 radical (unpaired) electrons. The second-order valence-electron chi connectivity index (χ2n) is 9.75. The van der Waals surface area contributed by atoms with Crippen LogP contribution in [0.1, 0.15) is 50.3 Å². The number of hydrogen-bond acceptors (Lipinski definition) is 4. The lowest BCUT2D eigenvalue weighted by atomic mass is 9.65. The molecule has 4 heterocycles. The van der Waals surface area contributed by atoms with Crippen LogP contribution in [0, 0.1) is 16.7 Å². The smallest absolute Gasteiger partial charge is 0.230 e. The molecule has 1 amide bonds. The zero-order chi connectivity index (χ0) is 19.2. The van der Waals surface area contributed by atoms with Crippen LogP contribution in [0.2, 0.25) is 0 Å². The molecule has 5 rings (SSSR count). The lowest BCUT2D eigenvalue weighted by molar-refractivity contribution is -0.143. The predicted octanol–water partition coefficient (Wildman–Crippen LogP) is 3.68. The van der Waals surface area contributed by atoms with Gasteiger partial charge in [-0.2, -0.15) is 0 Å². The fraction of sp³-hybridized carbons (Fsp3) is 0.783. The number of carbonyl (C=O) groups excluding carboxylic acids is 1. The molecule has 1 aromatic rings. The first-order valence-corrected chi connectivity index (χ1v) is 12.3. The highest BCUT2D eigenvalue weighted by Gasteiger charge is 2.64. The number of carbonyl (C=O) groups is 1. The number of fused-ring (bicyclic) bond motifs is 2. The summed E-state index contributed by atoms with van der Waals surface area (Å²) >= 11 is 1.88. The van der Waals surface area contributed by atoms with Gasteiger partial charge in [0.2, 0.25) is 5.91 Å². The summed E-state index contributed by atoms with van der Waals surface area (Å²) in [6, 6.07) is 4.43. The van der Waals surface area contributed by atoms with Crippen LogP contribution < -0.4 is 0 Å². The van der Waals surface area contributed by atoms with E-state index in [9.17, 15) is 4.79 Å². The topological polar surface area (TPSA) is 26.8 Å². The van der Waals surface area contributed by atoms with Crippen molar-refractivity contribution in [1.82, 2.24) is 14.7 Å². The average Bonchev–Trinajstić information content (AvgIpc) is 3.50. The number of hydrogen-bond donors (Lipinski definition) is 0. The molecule has 3 saturated heterocycles. The van der Waals surface area contributed by atoms with Crippen molar-refractivity contribution in [1.29, 1.82) is 0 Å². The molecule has 3 aliphatic heterocycles. The number of nitrogens with zero attached hydrogens (tertiary/aromatic N) is 3. The van der Waals surface area contributed by atoms with E-state index in [1.165, 1.54) is 50.1 Å². The van der Waals surface area contributed by atoms with Crippen LogP contribution in [-0.4, -0.2) is 66.4 Å². The highest BCUT2D eigenvalue weighted by Crippen LogP contribution is 2.62. The minimum Gasteiger partial charge on any atom is -0.342 e. The largest absolute Gasteiger partial charge is 0.342 e. The van der Waals surface area contributed by atoms with Crippen molar-refractivity contribution < 1.29 is 4.79 Å². The maximum atomic E-state index is 13.7. The fourth-order valence-electron chi connectivity index (χ4n) is 6.86. The van der Waals surface area contributed by atoms with Crippen molar-refractivity contribution in [3.8, 4) is 0 Å². The van der Waals surface area contributed by atoms with E-state index in [-0.39, 0.29) is 5.41 Å². The molecular formula is C23H35N3OS. The van der Waals surface area contributed by atoms with Crippen molar-refractivity contribution in [2.24, 2.45) is 16.7 Å². The summed E-state index contributed by atoms with van der Waals surface area (Å²) in [5, 5.41) is 2.19. The SMILES string of the molecule is CCN1C[C@H]2C3(CCN(Cc4cccs4)CC3)CC[C@@]2(C(=O)N2CCCC2)C1. The summed E-state index contributed by atoms with van der Waals surface area (Å²) in [4.78, 5) is 22.6. The van der Waals surface area contributed by atoms with Gasteiger partial charge in [0.05, 0.1) is 5.41 Å². The van der Waals surface area contributed by atoms with E-state index in [0.29, 0.717) is 17.2 Å². The van der Waals surface area contributed by atoms with Crippen molar-refractivity contribution in [2.75, 3.05) is 45.8 Å². The summed E-state index contributed by atoms with van der Waals surface area (Å²) in [5.74, 6) is 1.10. The molecule has 2 atom stereocenters. The Bertz CT molecular complexity index is 691. The van der Waals surface area contributed by atoms with Crippen molar-refractivity contribution >= 4 is 17.2 Å². The molecule has 0 N–H and O–H groups in total. The van der Waals surface area contributed by atoms with Crippen LogP contribution >= 0.6 is 11.3 Å². The van der Waals surface area contributed by atoms with Gasteiger partial charge in [0.15, 0.2) is 0 Å². The Hall–Kier alpha value is -0.910. The lowest BCUT2D eigenvalue weighted by Crippen LogP contribution is -2.49. The monoisotopic (exact) mass is 401 g/mol. The molecular weight excluding hydrogens is 366 g/mol. The van der Waals surface area contributed by atoms with Gasteiger partial charge in [0.1, 0.15) is 0 Å². The molecule has 4 nitrogen and oxygen atoms in total. The number of likely N-dealkylation sites (tertiary alicyclic amines) is 3. The zero-order valence-electron chi connectivity index (χ0n) is 17.4. The van der Waals surface area contributed by atoms with Crippen molar-refractivity contribution in [3.63, 3.8) is 0 Å². The van der Waals surface area contributed by atoms with E-state index in [0.717, 1.165) is 45.7 Å². The second-order valence-corrected chi connectivity index (χ2v) is 10.8. The lowest BCUT2D eigenvalue weighted by Gasteiger charge is -2.45. The van der Waals surface area contributed by atoms with Gasteiger partial charge in [0.25, 0.3) is 0 Å². The molecule has 0 aromatic carbocycles. The number of thiophene rings is 1. The van der Waals surface area contributed by atoms with Crippen LogP contribution in [0.3, 0.4) is 0 Å². The van der Waals surface area contributed by atoms with Crippen LogP contribution in [-0.2, 0) is 11.3 Å². The molecule has 5 heteroatoms. The third-order valence-corrected chi connectivity index (χ3v) is 9.36. The van der Waals surface area contributed by atoms with E-state index >= 15 is 0 Å². The molecule has 1 spiro atoms. The molecule has 4 fully saturated rings. The fourth-order valence-corrected chi connectivity index (χ4v) is 7.61. The molecule has 154 valence electrons. The van der Waals surface area contributed by atoms with E-state index in [1.54, 1.807) is 0 Å². The molecule has 0 bridgehead atoms. The first kappa shape index (κ1) is 19.1. The normalized spacial score (nSPS) is 33.0. The van der Waals surface area contributed by atoms with Gasteiger partial charge in [-0.3, -0.25) is 9.69 Å².